The lowest BCUT2D eigenvalue weighted by Crippen LogP contribution is -2.32. The Morgan fingerprint density at radius 2 is 2.16 bits per heavy atom. The van der Waals surface area contributed by atoms with Gasteiger partial charge in [0.25, 0.3) is 0 Å². The molecule has 1 atom stereocenters. The van der Waals surface area contributed by atoms with Crippen molar-refractivity contribution in [2.45, 2.75) is 31.9 Å². The fourth-order valence-electron chi connectivity index (χ4n) is 2.59. The lowest BCUT2D eigenvalue weighted by Gasteiger charge is -2.25. The lowest BCUT2D eigenvalue weighted by atomic mass is 10.2. The Labute approximate surface area is 121 Å². The van der Waals surface area contributed by atoms with Crippen molar-refractivity contribution in [2.24, 2.45) is 0 Å². The predicted octanol–water partition coefficient (Wildman–Crippen LogP) is 3.42. The maximum atomic E-state index is 5.78. The summed E-state index contributed by atoms with van der Waals surface area (Å²) in [5, 5.41) is 0. The van der Waals surface area contributed by atoms with Crippen molar-refractivity contribution in [1.82, 2.24) is 4.90 Å². The van der Waals surface area contributed by atoms with Gasteiger partial charge in [-0.15, -0.1) is 0 Å². The van der Waals surface area contributed by atoms with Crippen LogP contribution in [-0.2, 0) is 11.3 Å². The van der Waals surface area contributed by atoms with E-state index in [1.807, 2.05) is 11.8 Å². The zero-order valence-corrected chi connectivity index (χ0v) is 12.7. The second-order valence-electron chi connectivity index (χ2n) is 5.20. The van der Waals surface area contributed by atoms with Crippen molar-refractivity contribution in [3.8, 4) is 0 Å². The largest absolute Gasteiger partial charge is 0.377 e. The monoisotopic (exact) mass is 279 g/mol. The molecule has 106 valence electrons. The summed E-state index contributed by atoms with van der Waals surface area (Å²) < 4.78 is 5.78. The Morgan fingerprint density at radius 3 is 2.84 bits per heavy atom. The number of benzene rings is 1. The molecule has 0 N–H and O–H groups in total. The lowest BCUT2D eigenvalue weighted by molar-refractivity contribution is 0.0707. The Kier molecular flexibility index (Phi) is 6.75. The van der Waals surface area contributed by atoms with E-state index >= 15 is 0 Å². The molecule has 0 aromatic heterocycles. The first-order valence-corrected chi connectivity index (χ1v) is 8.64. The fourth-order valence-corrected chi connectivity index (χ4v) is 3.00. The van der Waals surface area contributed by atoms with Gasteiger partial charge < -0.3 is 4.74 Å². The van der Waals surface area contributed by atoms with Crippen LogP contribution in [0.3, 0.4) is 0 Å². The summed E-state index contributed by atoms with van der Waals surface area (Å²) in [6.45, 7) is 4.27. The minimum atomic E-state index is 0.456. The van der Waals surface area contributed by atoms with Crippen molar-refractivity contribution in [3.05, 3.63) is 35.9 Å². The molecule has 1 saturated heterocycles. The minimum absolute atomic E-state index is 0.456. The smallest absolute Gasteiger partial charge is 0.0702 e. The first-order valence-electron chi connectivity index (χ1n) is 7.25. The van der Waals surface area contributed by atoms with Crippen molar-refractivity contribution in [2.75, 3.05) is 31.7 Å². The number of rotatable bonds is 8. The van der Waals surface area contributed by atoms with Gasteiger partial charge in [0, 0.05) is 19.7 Å². The molecular formula is C16H25NOS. The molecule has 0 amide bonds. The van der Waals surface area contributed by atoms with Gasteiger partial charge in [0.15, 0.2) is 0 Å². The molecule has 1 aliphatic heterocycles. The predicted molar refractivity (Wildman–Crippen MR) is 83.7 cm³/mol. The summed E-state index contributed by atoms with van der Waals surface area (Å²) in [6, 6.07) is 10.8. The van der Waals surface area contributed by atoms with Gasteiger partial charge in [-0.1, -0.05) is 30.3 Å². The Balaban J connectivity index is 1.85. The quantitative estimate of drug-likeness (QED) is 0.677. The average Bonchev–Trinajstić information content (AvgIpc) is 2.93. The maximum absolute atomic E-state index is 5.78. The third-order valence-corrected chi connectivity index (χ3v) is 4.25. The first-order chi connectivity index (χ1) is 9.38. The minimum Gasteiger partial charge on any atom is -0.377 e. The van der Waals surface area contributed by atoms with Crippen molar-refractivity contribution >= 4 is 11.8 Å². The van der Waals surface area contributed by atoms with Gasteiger partial charge in [-0.25, -0.2) is 0 Å². The average molecular weight is 279 g/mol. The molecule has 0 bridgehead atoms. The van der Waals surface area contributed by atoms with E-state index in [1.165, 1.54) is 37.1 Å². The van der Waals surface area contributed by atoms with E-state index in [9.17, 15) is 0 Å². The zero-order chi connectivity index (χ0) is 13.3. The fraction of sp³-hybridized carbons (Fsp3) is 0.625. The molecule has 0 unspecified atom stereocenters. The molecule has 1 aliphatic rings. The molecule has 3 heteroatoms. The topological polar surface area (TPSA) is 12.5 Å². The molecular weight excluding hydrogens is 254 g/mol. The highest BCUT2D eigenvalue weighted by molar-refractivity contribution is 7.98. The van der Waals surface area contributed by atoms with Crippen LogP contribution in [0.5, 0.6) is 0 Å². The molecule has 0 saturated carbocycles. The highest BCUT2D eigenvalue weighted by Crippen LogP contribution is 2.15. The van der Waals surface area contributed by atoms with Crippen LogP contribution in [0.1, 0.15) is 24.8 Å². The van der Waals surface area contributed by atoms with Gasteiger partial charge in [-0.2, -0.15) is 11.8 Å². The summed E-state index contributed by atoms with van der Waals surface area (Å²) in [5.41, 5.74) is 1.41. The van der Waals surface area contributed by atoms with Crippen LogP contribution in [0, 0.1) is 0 Å². The van der Waals surface area contributed by atoms with Crippen molar-refractivity contribution in [3.63, 3.8) is 0 Å². The molecule has 1 fully saturated rings. The number of thioether (sulfide) groups is 1. The van der Waals surface area contributed by atoms with Crippen LogP contribution < -0.4 is 0 Å². The molecule has 1 heterocycles. The molecule has 1 aromatic carbocycles. The standard InChI is InChI=1S/C16H25NOS/c1-19-12-6-10-17(14-16-9-5-11-18-16)13-15-7-3-2-4-8-15/h2-4,7-8,16H,5-6,9-14H2,1H3/t16-/m0/s1. The highest BCUT2D eigenvalue weighted by atomic mass is 32.2. The second-order valence-corrected chi connectivity index (χ2v) is 6.19. The molecule has 2 rings (SSSR count). The van der Waals surface area contributed by atoms with Crippen molar-refractivity contribution < 1.29 is 4.74 Å². The molecule has 1 aromatic rings. The Bertz CT molecular complexity index is 338. The van der Waals surface area contributed by atoms with Gasteiger partial charge in [0.1, 0.15) is 0 Å². The van der Waals surface area contributed by atoms with E-state index in [2.05, 4.69) is 41.5 Å². The van der Waals surface area contributed by atoms with Crippen LogP contribution in [0.25, 0.3) is 0 Å². The van der Waals surface area contributed by atoms with Crippen molar-refractivity contribution in [1.29, 1.82) is 0 Å². The molecule has 0 radical (unpaired) electrons. The molecule has 0 aliphatic carbocycles. The normalized spacial score (nSPS) is 19.2. The SMILES string of the molecule is CSCCCN(Cc1ccccc1)C[C@@H]1CCCO1. The first kappa shape index (κ1) is 14.9. The van der Waals surface area contributed by atoms with Crippen LogP contribution in [0.15, 0.2) is 30.3 Å². The second kappa shape index (κ2) is 8.62. The molecule has 19 heavy (non-hydrogen) atoms. The summed E-state index contributed by atoms with van der Waals surface area (Å²) in [7, 11) is 0. The van der Waals surface area contributed by atoms with E-state index in [1.54, 1.807) is 0 Å². The Hall–Kier alpha value is -0.510. The maximum Gasteiger partial charge on any atom is 0.0702 e. The zero-order valence-electron chi connectivity index (χ0n) is 11.9. The number of ether oxygens (including phenoxy) is 1. The van der Waals surface area contributed by atoms with Gasteiger partial charge in [0.05, 0.1) is 6.10 Å². The summed E-state index contributed by atoms with van der Waals surface area (Å²) in [4.78, 5) is 2.56. The third-order valence-electron chi connectivity index (χ3n) is 3.56. The summed E-state index contributed by atoms with van der Waals surface area (Å²) in [5.74, 6) is 1.25. The van der Waals surface area contributed by atoms with Gasteiger partial charge in [0.2, 0.25) is 0 Å². The number of nitrogens with zero attached hydrogens (tertiary/aromatic N) is 1. The number of hydrogen-bond acceptors (Lipinski definition) is 3. The third kappa shape index (κ3) is 5.55. The van der Waals surface area contributed by atoms with Crippen LogP contribution in [0.2, 0.25) is 0 Å². The van der Waals surface area contributed by atoms with Gasteiger partial charge >= 0.3 is 0 Å². The summed E-state index contributed by atoms with van der Waals surface area (Å²) >= 11 is 1.93. The van der Waals surface area contributed by atoms with Gasteiger partial charge in [-0.3, -0.25) is 4.90 Å². The van der Waals surface area contributed by atoms with E-state index in [0.717, 1.165) is 19.7 Å². The van der Waals surface area contributed by atoms with Crippen LogP contribution >= 0.6 is 11.8 Å². The highest BCUT2D eigenvalue weighted by Gasteiger charge is 2.19. The van der Waals surface area contributed by atoms with E-state index in [4.69, 9.17) is 4.74 Å². The Morgan fingerprint density at radius 1 is 1.32 bits per heavy atom. The van der Waals surface area contributed by atoms with Crippen LogP contribution in [0.4, 0.5) is 0 Å². The van der Waals surface area contributed by atoms with E-state index in [-0.39, 0.29) is 0 Å². The van der Waals surface area contributed by atoms with E-state index in [0.29, 0.717) is 6.10 Å². The number of hydrogen-bond donors (Lipinski definition) is 0. The molecule has 2 nitrogen and oxygen atoms in total. The molecule has 0 spiro atoms. The van der Waals surface area contributed by atoms with Crippen LogP contribution in [-0.4, -0.2) is 42.7 Å². The summed E-state index contributed by atoms with van der Waals surface area (Å²) in [6.07, 6.45) is 6.36. The van der Waals surface area contributed by atoms with Gasteiger partial charge in [-0.05, 0) is 43.4 Å². The van der Waals surface area contributed by atoms with E-state index < -0.39 is 0 Å².